The molecule has 1 unspecified atom stereocenters. The number of allylic oxidation sites excluding steroid dienone is 3. The largest absolute Gasteiger partial charge is 0.458 e. The van der Waals surface area contributed by atoms with Crippen LogP contribution in [0.1, 0.15) is 38.1 Å². The summed E-state index contributed by atoms with van der Waals surface area (Å²) in [7, 11) is 1.56. The standard InChI is InChI=1S/C24H18ClNO4/c1-29-15-22(25)16-8-13-20-21(14-16)24(28)26(23(20)27)17-9-11-19(12-10-17)30-18-6-4-2-3-5-7-18/h4,6-14,22H,5,15H2,1H3. The van der Waals surface area contributed by atoms with Gasteiger partial charge in [-0.3, -0.25) is 9.59 Å². The highest BCUT2D eigenvalue weighted by Gasteiger charge is 2.37. The van der Waals surface area contributed by atoms with Crippen molar-refractivity contribution < 1.29 is 19.1 Å². The van der Waals surface area contributed by atoms with E-state index in [1.54, 1.807) is 61.7 Å². The lowest BCUT2D eigenvalue weighted by Crippen LogP contribution is -2.29. The lowest BCUT2D eigenvalue weighted by atomic mass is 10.0. The maximum Gasteiger partial charge on any atom is 0.266 e. The first kappa shape index (κ1) is 20.0. The van der Waals surface area contributed by atoms with Crippen molar-refractivity contribution in [3.8, 4) is 17.6 Å². The summed E-state index contributed by atoms with van der Waals surface area (Å²) < 4.78 is 10.9. The lowest BCUT2D eigenvalue weighted by Gasteiger charge is -2.14. The molecule has 2 amide bonds. The summed E-state index contributed by atoms with van der Waals surface area (Å²) in [6, 6.07) is 11.9. The molecule has 5 nitrogen and oxygen atoms in total. The van der Waals surface area contributed by atoms with Crippen molar-refractivity contribution in [1.29, 1.82) is 0 Å². The number of amides is 2. The van der Waals surface area contributed by atoms with Crippen molar-refractivity contribution in [3.05, 3.63) is 83.1 Å². The molecule has 1 heterocycles. The Balaban J connectivity index is 1.54. The maximum absolute atomic E-state index is 12.9. The van der Waals surface area contributed by atoms with Gasteiger partial charge >= 0.3 is 0 Å². The Hall–Kier alpha value is -3.33. The van der Waals surface area contributed by atoms with Crippen molar-refractivity contribution in [2.24, 2.45) is 0 Å². The summed E-state index contributed by atoms with van der Waals surface area (Å²) in [5, 5.41) is -0.397. The Morgan fingerprint density at radius 3 is 2.63 bits per heavy atom. The predicted molar refractivity (Wildman–Crippen MR) is 115 cm³/mol. The number of benzene rings is 2. The first-order chi connectivity index (χ1) is 14.6. The van der Waals surface area contributed by atoms with E-state index in [1.165, 1.54) is 0 Å². The Kier molecular flexibility index (Phi) is 5.71. The molecule has 4 rings (SSSR count). The Labute approximate surface area is 179 Å². The summed E-state index contributed by atoms with van der Waals surface area (Å²) in [5.74, 6) is 6.38. The van der Waals surface area contributed by atoms with Crippen molar-refractivity contribution in [3.63, 3.8) is 0 Å². The third-order valence-corrected chi connectivity index (χ3v) is 5.13. The molecule has 0 fully saturated rings. The van der Waals surface area contributed by atoms with Gasteiger partial charge in [-0.15, -0.1) is 11.6 Å². The monoisotopic (exact) mass is 419 g/mol. The van der Waals surface area contributed by atoms with Gasteiger partial charge in [0, 0.05) is 13.5 Å². The fourth-order valence-corrected chi connectivity index (χ4v) is 3.53. The second-order valence-electron chi connectivity index (χ2n) is 6.73. The minimum atomic E-state index is -0.397. The summed E-state index contributed by atoms with van der Waals surface area (Å²) in [6.07, 6.45) is 6.03. The summed E-state index contributed by atoms with van der Waals surface area (Å²) in [5.41, 5.74) is 1.91. The Bertz CT molecular complexity index is 1120. The SMILES string of the molecule is COCC(Cl)c1ccc2c(c1)C(=O)N(c1ccc(OC3=CCC#CC=C3)cc1)C2=O. The minimum Gasteiger partial charge on any atom is -0.458 e. The van der Waals surface area contributed by atoms with Gasteiger partial charge in [0.15, 0.2) is 0 Å². The van der Waals surface area contributed by atoms with E-state index in [0.29, 0.717) is 41.4 Å². The number of fused-ring (bicyclic) bond motifs is 1. The van der Waals surface area contributed by atoms with E-state index >= 15 is 0 Å². The molecule has 2 aromatic carbocycles. The number of nitrogens with zero attached hydrogens (tertiary/aromatic N) is 1. The van der Waals surface area contributed by atoms with Gasteiger partial charge in [-0.05, 0) is 60.2 Å². The highest BCUT2D eigenvalue weighted by atomic mass is 35.5. The summed E-state index contributed by atoms with van der Waals surface area (Å²) in [4.78, 5) is 26.9. The molecule has 30 heavy (non-hydrogen) atoms. The van der Waals surface area contributed by atoms with Gasteiger partial charge in [-0.2, -0.15) is 0 Å². The van der Waals surface area contributed by atoms with Gasteiger partial charge in [-0.25, -0.2) is 4.90 Å². The molecule has 1 aliphatic heterocycles. The molecule has 0 bridgehead atoms. The number of carbonyl (C=O) groups is 2. The second kappa shape index (κ2) is 8.58. The third kappa shape index (κ3) is 3.88. The first-order valence-electron chi connectivity index (χ1n) is 9.37. The van der Waals surface area contributed by atoms with Crippen LogP contribution in [0.3, 0.4) is 0 Å². The van der Waals surface area contributed by atoms with E-state index in [-0.39, 0.29) is 11.8 Å². The average molecular weight is 420 g/mol. The van der Waals surface area contributed by atoms with Crippen molar-refractivity contribution in [1.82, 2.24) is 0 Å². The number of rotatable bonds is 6. The number of ether oxygens (including phenoxy) is 2. The highest BCUT2D eigenvalue weighted by Crippen LogP contribution is 2.32. The van der Waals surface area contributed by atoms with Crippen LogP contribution in [0.5, 0.6) is 5.75 Å². The highest BCUT2D eigenvalue weighted by molar-refractivity contribution is 6.34. The molecule has 0 radical (unpaired) electrons. The van der Waals surface area contributed by atoms with Crippen LogP contribution in [0.25, 0.3) is 0 Å². The molecule has 1 atom stereocenters. The molecule has 0 saturated carbocycles. The van der Waals surface area contributed by atoms with E-state index in [1.807, 2.05) is 6.08 Å². The number of alkyl halides is 1. The Morgan fingerprint density at radius 1 is 1.10 bits per heavy atom. The van der Waals surface area contributed by atoms with Crippen LogP contribution in [0.4, 0.5) is 5.69 Å². The van der Waals surface area contributed by atoms with E-state index in [0.717, 1.165) is 10.5 Å². The van der Waals surface area contributed by atoms with Gasteiger partial charge in [0.2, 0.25) is 0 Å². The smallest absolute Gasteiger partial charge is 0.266 e. The molecule has 0 spiro atoms. The van der Waals surface area contributed by atoms with E-state index in [9.17, 15) is 9.59 Å². The van der Waals surface area contributed by atoms with Gasteiger partial charge in [-0.1, -0.05) is 17.9 Å². The van der Waals surface area contributed by atoms with Crippen molar-refractivity contribution in [2.45, 2.75) is 11.8 Å². The molecule has 2 aromatic rings. The summed E-state index contributed by atoms with van der Waals surface area (Å²) >= 11 is 6.29. The fourth-order valence-electron chi connectivity index (χ4n) is 3.27. The zero-order valence-electron chi connectivity index (χ0n) is 16.2. The zero-order chi connectivity index (χ0) is 21.1. The Morgan fingerprint density at radius 2 is 1.87 bits per heavy atom. The molecule has 6 heteroatoms. The van der Waals surface area contributed by atoms with Crippen LogP contribution in [-0.2, 0) is 4.74 Å². The normalized spacial score (nSPS) is 15.8. The van der Waals surface area contributed by atoms with Gasteiger partial charge in [0.25, 0.3) is 11.8 Å². The minimum absolute atomic E-state index is 0.311. The lowest BCUT2D eigenvalue weighted by molar-refractivity contribution is 0.0926. The summed E-state index contributed by atoms with van der Waals surface area (Å²) in [6.45, 7) is 0.311. The molecule has 0 aromatic heterocycles. The van der Waals surface area contributed by atoms with Gasteiger partial charge in [0.05, 0.1) is 28.8 Å². The van der Waals surface area contributed by atoms with E-state index in [4.69, 9.17) is 21.1 Å². The number of methoxy groups -OCH3 is 1. The number of imide groups is 1. The predicted octanol–water partition coefficient (Wildman–Crippen LogP) is 4.64. The average Bonchev–Trinajstić information content (AvgIpc) is 2.92. The van der Waals surface area contributed by atoms with Crippen LogP contribution in [0, 0.1) is 11.8 Å². The molecule has 0 saturated heterocycles. The topological polar surface area (TPSA) is 55.8 Å². The van der Waals surface area contributed by atoms with Crippen LogP contribution in [-0.4, -0.2) is 25.5 Å². The number of hydrogen-bond donors (Lipinski definition) is 0. The van der Waals surface area contributed by atoms with Crippen molar-refractivity contribution in [2.75, 3.05) is 18.6 Å². The zero-order valence-corrected chi connectivity index (χ0v) is 17.0. The van der Waals surface area contributed by atoms with Crippen LogP contribution in [0.2, 0.25) is 0 Å². The van der Waals surface area contributed by atoms with Crippen LogP contribution in [0.15, 0.2) is 66.5 Å². The number of anilines is 1. The number of carbonyl (C=O) groups excluding carboxylic acids is 2. The van der Waals surface area contributed by atoms with Gasteiger partial charge < -0.3 is 9.47 Å². The van der Waals surface area contributed by atoms with Gasteiger partial charge in [0.1, 0.15) is 11.5 Å². The molecule has 0 N–H and O–H groups in total. The molecular formula is C24H18ClNO4. The van der Waals surface area contributed by atoms with Crippen molar-refractivity contribution >= 4 is 29.1 Å². The number of hydrogen-bond acceptors (Lipinski definition) is 4. The van der Waals surface area contributed by atoms with Crippen LogP contribution >= 0.6 is 11.6 Å². The molecular weight excluding hydrogens is 402 g/mol. The van der Waals surface area contributed by atoms with E-state index < -0.39 is 5.38 Å². The van der Waals surface area contributed by atoms with E-state index in [2.05, 4.69) is 11.8 Å². The fraction of sp³-hybridized carbons (Fsp3) is 0.167. The maximum atomic E-state index is 12.9. The molecule has 2 aliphatic rings. The molecule has 1 aliphatic carbocycles. The number of halogens is 1. The first-order valence-corrected chi connectivity index (χ1v) is 9.81. The quantitative estimate of drug-likeness (QED) is 0.389. The molecule has 150 valence electrons. The van der Waals surface area contributed by atoms with Crippen LogP contribution < -0.4 is 9.64 Å². The second-order valence-corrected chi connectivity index (χ2v) is 7.26. The third-order valence-electron chi connectivity index (χ3n) is 4.75.